The molecule has 0 radical (unpaired) electrons. The lowest BCUT2D eigenvalue weighted by molar-refractivity contribution is -0.127. The molecule has 162 valence electrons. The molecule has 0 aliphatic carbocycles. The number of amides is 3. The van der Waals surface area contributed by atoms with Crippen LogP contribution >= 0.6 is 23.4 Å². The predicted molar refractivity (Wildman–Crippen MR) is 120 cm³/mol. The molecule has 1 aliphatic rings. The van der Waals surface area contributed by atoms with Crippen LogP contribution in [0, 0.1) is 5.82 Å². The van der Waals surface area contributed by atoms with Crippen molar-refractivity contribution in [2.45, 2.75) is 26.4 Å². The smallest absolute Gasteiger partial charge is 0.294 e. The van der Waals surface area contributed by atoms with Gasteiger partial charge >= 0.3 is 0 Å². The highest BCUT2D eigenvalue weighted by atomic mass is 35.5. The highest BCUT2D eigenvalue weighted by Crippen LogP contribution is 2.32. The number of ether oxygens (including phenoxy) is 1. The fraction of sp³-hybridized carbons (Fsp3) is 0.227. The van der Waals surface area contributed by atoms with E-state index in [1.54, 1.807) is 30.3 Å². The van der Waals surface area contributed by atoms with E-state index in [4.69, 9.17) is 16.3 Å². The minimum atomic E-state index is -0.616. The van der Waals surface area contributed by atoms with Gasteiger partial charge in [-0.05, 0) is 67.1 Å². The molecule has 2 aromatic carbocycles. The summed E-state index contributed by atoms with van der Waals surface area (Å²) in [5, 5.41) is 1.80. The molecule has 1 atom stereocenters. The van der Waals surface area contributed by atoms with Crippen molar-refractivity contribution in [3.05, 3.63) is 63.8 Å². The lowest BCUT2D eigenvalue weighted by atomic mass is 10.2. The molecule has 9 heteroatoms. The fourth-order valence-electron chi connectivity index (χ4n) is 2.66. The molecule has 0 aromatic heterocycles. The molecule has 1 aliphatic heterocycles. The molecule has 31 heavy (non-hydrogen) atoms. The van der Waals surface area contributed by atoms with Gasteiger partial charge in [-0.3, -0.25) is 19.3 Å². The van der Waals surface area contributed by atoms with E-state index in [2.05, 4.69) is 5.32 Å². The van der Waals surface area contributed by atoms with E-state index in [0.29, 0.717) is 0 Å². The molecule has 3 amide bonds. The van der Waals surface area contributed by atoms with Crippen molar-refractivity contribution in [3.8, 4) is 5.75 Å². The molecule has 1 heterocycles. The number of imide groups is 1. The van der Waals surface area contributed by atoms with Gasteiger partial charge in [0, 0.05) is 5.69 Å². The summed E-state index contributed by atoms with van der Waals surface area (Å²) in [4.78, 5) is 38.1. The summed E-state index contributed by atoms with van der Waals surface area (Å²) in [5.41, 5.74) is 0.992. The second-order valence-corrected chi connectivity index (χ2v) is 8.25. The quantitative estimate of drug-likeness (QED) is 0.563. The van der Waals surface area contributed by atoms with E-state index in [1.807, 2.05) is 13.8 Å². The molecule has 3 rings (SSSR count). The molecular formula is C22H20ClFN2O4S. The van der Waals surface area contributed by atoms with Crippen LogP contribution in [0.3, 0.4) is 0 Å². The molecule has 1 fully saturated rings. The van der Waals surface area contributed by atoms with Crippen molar-refractivity contribution < 1.29 is 23.5 Å². The van der Waals surface area contributed by atoms with Crippen molar-refractivity contribution in [3.63, 3.8) is 0 Å². The summed E-state index contributed by atoms with van der Waals surface area (Å²) in [5.74, 6) is -1.05. The van der Waals surface area contributed by atoms with E-state index in [0.717, 1.165) is 40.5 Å². The molecule has 6 nitrogen and oxygen atoms in total. The summed E-state index contributed by atoms with van der Waals surface area (Å²) in [7, 11) is 0. The molecular weight excluding hydrogens is 443 g/mol. The monoisotopic (exact) mass is 462 g/mol. The van der Waals surface area contributed by atoms with Crippen LogP contribution in [0.4, 0.5) is 14.9 Å². The van der Waals surface area contributed by atoms with Gasteiger partial charge in [-0.1, -0.05) is 30.7 Å². The summed E-state index contributed by atoms with van der Waals surface area (Å²) >= 11 is 6.45. The van der Waals surface area contributed by atoms with Crippen LogP contribution in [0.1, 0.15) is 25.8 Å². The Morgan fingerprint density at radius 2 is 1.97 bits per heavy atom. The lowest BCUT2D eigenvalue weighted by Crippen LogP contribution is -2.36. The third kappa shape index (κ3) is 5.86. The predicted octanol–water partition coefficient (Wildman–Crippen LogP) is 5.33. The van der Waals surface area contributed by atoms with Crippen molar-refractivity contribution in [1.29, 1.82) is 0 Å². The zero-order chi connectivity index (χ0) is 22.5. The molecule has 0 bridgehead atoms. The van der Waals surface area contributed by atoms with Crippen LogP contribution in [0.25, 0.3) is 6.08 Å². The average molecular weight is 463 g/mol. The van der Waals surface area contributed by atoms with E-state index < -0.39 is 29.4 Å². The average Bonchev–Trinajstić information content (AvgIpc) is 2.99. The third-order valence-electron chi connectivity index (χ3n) is 4.47. The van der Waals surface area contributed by atoms with Gasteiger partial charge in [-0.15, -0.1) is 0 Å². The zero-order valence-electron chi connectivity index (χ0n) is 16.9. The second kappa shape index (κ2) is 9.98. The van der Waals surface area contributed by atoms with Crippen molar-refractivity contribution in [1.82, 2.24) is 4.90 Å². The number of carbonyl (C=O) groups excluding carboxylic acids is 3. The molecule has 1 N–H and O–H groups in total. The topological polar surface area (TPSA) is 75.7 Å². The van der Waals surface area contributed by atoms with Crippen LogP contribution in [0.2, 0.25) is 5.02 Å². The molecule has 0 unspecified atom stereocenters. The summed E-state index contributed by atoms with van der Waals surface area (Å²) in [6.45, 7) is 3.55. The maximum Gasteiger partial charge on any atom is 0.294 e. The Kier molecular flexibility index (Phi) is 7.35. The normalized spacial score (nSPS) is 16.0. The van der Waals surface area contributed by atoms with Gasteiger partial charge in [0.2, 0.25) is 5.91 Å². The van der Waals surface area contributed by atoms with E-state index in [9.17, 15) is 18.8 Å². The minimum Gasteiger partial charge on any atom is -0.491 e. The van der Waals surface area contributed by atoms with Crippen LogP contribution < -0.4 is 10.1 Å². The number of nitrogens with one attached hydrogen (secondary N) is 1. The van der Waals surface area contributed by atoms with Gasteiger partial charge in [0.1, 0.15) is 18.1 Å². The zero-order valence-corrected chi connectivity index (χ0v) is 18.4. The van der Waals surface area contributed by atoms with E-state index >= 15 is 0 Å². The van der Waals surface area contributed by atoms with Gasteiger partial charge in [-0.25, -0.2) is 4.39 Å². The second-order valence-electron chi connectivity index (χ2n) is 6.85. The number of thioether (sulfide) groups is 1. The van der Waals surface area contributed by atoms with Crippen molar-refractivity contribution in [2.24, 2.45) is 0 Å². The number of hydrogen-bond donors (Lipinski definition) is 1. The lowest BCUT2D eigenvalue weighted by Gasteiger charge is -2.13. The summed E-state index contributed by atoms with van der Waals surface area (Å²) in [6.07, 6.45) is 2.58. The highest BCUT2D eigenvalue weighted by Gasteiger charge is 2.36. The number of halogens is 2. The minimum absolute atomic E-state index is 0.0967. The Hall–Kier alpha value is -2.84. The maximum atomic E-state index is 13.2. The third-order valence-corrected chi connectivity index (χ3v) is 5.67. The number of anilines is 1. The Labute approximate surface area is 188 Å². The molecule has 0 spiro atoms. The van der Waals surface area contributed by atoms with E-state index in [1.165, 1.54) is 12.1 Å². The van der Waals surface area contributed by atoms with Gasteiger partial charge < -0.3 is 10.1 Å². The number of nitrogens with zero attached hydrogens (tertiary/aromatic N) is 1. The first-order chi connectivity index (χ1) is 14.8. The number of benzene rings is 2. The maximum absolute atomic E-state index is 13.2. The SMILES string of the molecule is CC[C@H](C)Oc1ccc(/C=C2\SC(=O)N(CC(=O)Nc3ccc(F)c(Cl)c3)C2=O)cc1. The van der Waals surface area contributed by atoms with Crippen molar-refractivity contribution >= 4 is 52.2 Å². The van der Waals surface area contributed by atoms with E-state index in [-0.39, 0.29) is 21.7 Å². The first-order valence-corrected chi connectivity index (χ1v) is 10.7. The summed E-state index contributed by atoms with van der Waals surface area (Å²) in [6, 6.07) is 10.9. The highest BCUT2D eigenvalue weighted by molar-refractivity contribution is 8.18. The fourth-order valence-corrected chi connectivity index (χ4v) is 3.68. The molecule has 2 aromatic rings. The largest absolute Gasteiger partial charge is 0.491 e. The van der Waals surface area contributed by atoms with Crippen LogP contribution in [-0.4, -0.2) is 34.6 Å². The van der Waals surface area contributed by atoms with Crippen molar-refractivity contribution in [2.75, 3.05) is 11.9 Å². The Morgan fingerprint density at radius 3 is 2.61 bits per heavy atom. The van der Waals surface area contributed by atoms with Crippen LogP contribution in [-0.2, 0) is 9.59 Å². The van der Waals surface area contributed by atoms with Gasteiger partial charge in [0.25, 0.3) is 11.1 Å². The van der Waals surface area contributed by atoms with Crippen LogP contribution in [0.15, 0.2) is 47.4 Å². The Bertz CT molecular complexity index is 1040. The first-order valence-electron chi connectivity index (χ1n) is 9.53. The first kappa shape index (κ1) is 22.8. The number of hydrogen-bond acceptors (Lipinski definition) is 5. The van der Waals surface area contributed by atoms with Gasteiger partial charge in [-0.2, -0.15) is 0 Å². The molecule has 1 saturated heterocycles. The number of rotatable bonds is 7. The molecule has 0 saturated carbocycles. The Balaban J connectivity index is 1.64. The van der Waals surface area contributed by atoms with Crippen LogP contribution in [0.5, 0.6) is 5.75 Å². The Morgan fingerprint density at radius 1 is 1.26 bits per heavy atom. The number of carbonyl (C=O) groups is 3. The van der Waals surface area contributed by atoms with Gasteiger partial charge in [0.05, 0.1) is 16.0 Å². The summed E-state index contributed by atoms with van der Waals surface area (Å²) < 4.78 is 18.9. The standard InChI is InChI=1S/C22H20ClFN2O4S/c1-3-13(2)30-16-7-4-14(5-8-16)10-19-21(28)26(22(29)31-19)12-20(27)25-15-6-9-18(24)17(23)11-15/h4-11,13H,3,12H2,1-2H3,(H,25,27)/b19-10-/t13-/m0/s1. The van der Waals surface area contributed by atoms with Gasteiger partial charge in [0.15, 0.2) is 0 Å².